The fourth-order valence-electron chi connectivity index (χ4n) is 2.85. The molecule has 0 aliphatic heterocycles. The number of sulfonamides is 1. The van der Waals surface area contributed by atoms with E-state index in [0.29, 0.717) is 16.3 Å². The highest BCUT2D eigenvalue weighted by Crippen LogP contribution is 2.22. The van der Waals surface area contributed by atoms with E-state index < -0.39 is 15.9 Å². The molecule has 0 aromatic heterocycles. The number of hydrazone groups is 1. The number of methoxy groups -OCH3 is 1. The van der Waals surface area contributed by atoms with E-state index in [-0.39, 0.29) is 6.54 Å². The third kappa shape index (κ3) is 6.32. The minimum Gasteiger partial charge on any atom is -0.497 e. The molecule has 0 radical (unpaired) electrons. The van der Waals surface area contributed by atoms with Crippen molar-refractivity contribution in [1.29, 1.82) is 0 Å². The summed E-state index contributed by atoms with van der Waals surface area (Å²) in [6.07, 6.45) is 2.65. The number of nitrogens with zero attached hydrogens (tertiary/aromatic N) is 2. The number of carbonyl (C=O) groups excluding carboxylic acids is 1. The average Bonchev–Trinajstić information content (AvgIpc) is 2.78. The first kappa shape index (κ1) is 23.3. The van der Waals surface area contributed by atoms with Crippen LogP contribution >= 0.6 is 11.6 Å². The molecule has 32 heavy (non-hydrogen) atoms. The highest BCUT2D eigenvalue weighted by molar-refractivity contribution is 7.92. The number of halogens is 1. The van der Waals surface area contributed by atoms with Crippen molar-refractivity contribution < 1.29 is 17.9 Å². The molecule has 7 nitrogen and oxygen atoms in total. The first-order chi connectivity index (χ1) is 15.3. The summed E-state index contributed by atoms with van der Waals surface area (Å²) >= 11 is 5.90. The van der Waals surface area contributed by atoms with Crippen LogP contribution in [0.3, 0.4) is 0 Å². The molecule has 3 aromatic rings. The summed E-state index contributed by atoms with van der Waals surface area (Å²) in [6, 6.07) is 20.4. The van der Waals surface area contributed by atoms with E-state index >= 15 is 0 Å². The second-order valence-electron chi connectivity index (χ2n) is 6.92. The molecule has 0 aliphatic rings. The standard InChI is InChI=1S/C23H22ClN3O4S/c1-31-22-13-5-17(6-14-22)15-25-26-23(28)19-7-11-21(12-8-19)27(32(2,29)30)16-18-3-9-20(24)10-4-18/h3-15H,16H2,1-2H3,(H,26,28)/b25-15-. The normalized spacial score (nSPS) is 11.3. The molecule has 0 atom stereocenters. The van der Waals surface area contributed by atoms with Crippen LogP contribution in [0.1, 0.15) is 21.5 Å². The van der Waals surface area contributed by atoms with Crippen molar-refractivity contribution in [2.45, 2.75) is 6.54 Å². The first-order valence-corrected chi connectivity index (χ1v) is 11.8. The van der Waals surface area contributed by atoms with Crippen LogP contribution in [0.4, 0.5) is 5.69 Å². The summed E-state index contributed by atoms with van der Waals surface area (Å²) in [5, 5.41) is 4.52. The van der Waals surface area contributed by atoms with Crippen LogP contribution < -0.4 is 14.5 Å². The molecule has 0 spiro atoms. The predicted molar refractivity (Wildman–Crippen MR) is 127 cm³/mol. The van der Waals surface area contributed by atoms with Gasteiger partial charge in [-0.1, -0.05) is 23.7 Å². The van der Waals surface area contributed by atoms with Gasteiger partial charge in [0.2, 0.25) is 10.0 Å². The molecule has 166 valence electrons. The van der Waals surface area contributed by atoms with Gasteiger partial charge in [0, 0.05) is 10.6 Å². The van der Waals surface area contributed by atoms with Gasteiger partial charge in [-0.25, -0.2) is 13.8 Å². The number of hydrogen-bond acceptors (Lipinski definition) is 5. The fourth-order valence-corrected chi connectivity index (χ4v) is 3.87. The van der Waals surface area contributed by atoms with E-state index in [0.717, 1.165) is 23.1 Å². The zero-order valence-corrected chi connectivity index (χ0v) is 19.1. The molecule has 1 amide bonds. The van der Waals surface area contributed by atoms with E-state index in [4.69, 9.17) is 16.3 Å². The summed E-state index contributed by atoms with van der Waals surface area (Å²) < 4.78 is 31.0. The van der Waals surface area contributed by atoms with Crippen molar-refractivity contribution in [2.75, 3.05) is 17.7 Å². The molecule has 0 bridgehead atoms. The summed E-state index contributed by atoms with van der Waals surface area (Å²) in [5.74, 6) is 0.315. The lowest BCUT2D eigenvalue weighted by molar-refractivity contribution is 0.0955. The van der Waals surface area contributed by atoms with Gasteiger partial charge in [-0.15, -0.1) is 0 Å². The summed E-state index contributed by atoms with van der Waals surface area (Å²) in [4.78, 5) is 12.3. The van der Waals surface area contributed by atoms with Crippen molar-refractivity contribution in [3.05, 3.63) is 94.5 Å². The Labute approximate surface area is 192 Å². The summed E-state index contributed by atoms with van der Waals surface area (Å²) in [6.45, 7) is 0.147. The Kier molecular flexibility index (Phi) is 7.50. The lowest BCUT2D eigenvalue weighted by atomic mass is 10.2. The molecule has 0 heterocycles. The number of nitrogens with one attached hydrogen (secondary N) is 1. The SMILES string of the molecule is COc1ccc(/C=N\NC(=O)c2ccc(N(Cc3ccc(Cl)cc3)S(C)(=O)=O)cc2)cc1. The van der Waals surface area contributed by atoms with Crippen molar-refractivity contribution in [2.24, 2.45) is 5.10 Å². The number of rotatable bonds is 8. The Morgan fingerprint density at radius 2 is 1.66 bits per heavy atom. The van der Waals surface area contributed by atoms with Crippen molar-refractivity contribution in [3.63, 3.8) is 0 Å². The van der Waals surface area contributed by atoms with Gasteiger partial charge < -0.3 is 4.74 Å². The molecule has 0 aliphatic carbocycles. The van der Waals surface area contributed by atoms with Gasteiger partial charge >= 0.3 is 0 Å². The van der Waals surface area contributed by atoms with Crippen molar-refractivity contribution in [3.8, 4) is 5.75 Å². The van der Waals surface area contributed by atoms with E-state index in [1.807, 2.05) is 12.1 Å². The summed E-state index contributed by atoms with van der Waals surface area (Å²) in [7, 11) is -1.96. The Morgan fingerprint density at radius 3 is 2.22 bits per heavy atom. The van der Waals surface area contributed by atoms with Gasteiger partial charge in [0.25, 0.3) is 5.91 Å². The number of anilines is 1. The van der Waals surface area contributed by atoms with Crippen LogP contribution in [0.2, 0.25) is 5.02 Å². The van der Waals surface area contributed by atoms with E-state index in [1.165, 1.54) is 10.5 Å². The van der Waals surface area contributed by atoms with Crippen LogP contribution in [0.15, 0.2) is 77.9 Å². The third-order valence-electron chi connectivity index (χ3n) is 4.55. The molecular weight excluding hydrogens is 450 g/mol. The number of hydrogen-bond donors (Lipinski definition) is 1. The largest absolute Gasteiger partial charge is 0.497 e. The highest BCUT2D eigenvalue weighted by atomic mass is 35.5. The van der Waals surface area contributed by atoms with E-state index in [9.17, 15) is 13.2 Å². The zero-order valence-electron chi connectivity index (χ0n) is 17.5. The maximum atomic E-state index is 12.3. The molecule has 0 fully saturated rings. The maximum Gasteiger partial charge on any atom is 0.271 e. The number of benzene rings is 3. The highest BCUT2D eigenvalue weighted by Gasteiger charge is 2.18. The Bertz CT molecular complexity index is 1190. The lowest BCUT2D eigenvalue weighted by Gasteiger charge is -2.22. The van der Waals surface area contributed by atoms with Gasteiger partial charge in [0.1, 0.15) is 5.75 Å². The van der Waals surface area contributed by atoms with Crippen LogP contribution in [0.5, 0.6) is 5.75 Å². The minimum absolute atomic E-state index is 0.147. The third-order valence-corrected chi connectivity index (χ3v) is 5.95. The lowest BCUT2D eigenvalue weighted by Crippen LogP contribution is -2.29. The molecule has 3 aromatic carbocycles. The smallest absolute Gasteiger partial charge is 0.271 e. The number of carbonyl (C=O) groups is 1. The van der Waals surface area contributed by atoms with Gasteiger partial charge in [0.05, 0.1) is 31.8 Å². The van der Waals surface area contributed by atoms with E-state index in [2.05, 4.69) is 10.5 Å². The van der Waals surface area contributed by atoms with Gasteiger partial charge in [-0.2, -0.15) is 5.10 Å². The van der Waals surface area contributed by atoms with Crippen LogP contribution in [0.25, 0.3) is 0 Å². The van der Waals surface area contributed by atoms with E-state index in [1.54, 1.807) is 67.8 Å². The average molecular weight is 472 g/mol. The maximum absolute atomic E-state index is 12.3. The summed E-state index contributed by atoms with van der Waals surface area (Å²) in [5.41, 5.74) is 4.83. The molecule has 9 heteroatoms. The monoisotopic (exact) mass is 471 g/mol. The minimum atomic E-state index is -3.54. The predicted octanol–water partition coefficient (Wildman–Crippen LogP) is 4.08. The quantitative estimate of drug-likeness (QED) is 0.396. The molecule has 1 N–H and O–H groups in total. The van der Waals surface area contributed by atoms with Crippen LogP contribution in [0, 0.1) is 0 Å². The van der Waals surface area contributed by atoms with Gasteiger partial charge in [-0.3, -0.25) is 9.10 Å². The number of amides is 1. The van der Waals surface area contributed by atoms with Crippen molar-refractivity contribution in [1.82, 2.24) is 5.43 Å². The second kappa shape index (κ2) is 10.3. The van der Waals surface area contributed by atoms with Crippen LogP contribution in [-0.4, -0.2) is 33.9 Å². The zero-order chi connectivity index (χ0) is 23.1. The Hall–Kier alpha value is -3.36. The Morgan fingerprint density at radius 1 is 1.03 bits per heavy atom. The Balaban J connectivity index is 1.69. The molecule has 0 saturated heterocycles. The topological polar surface area (TPSA) is 88.1 Å². The second-order valence-corrected chi connectivity index (χ2v) is 9.26. The molecular formula is C23H22ClN3O4S. The molecule has 0 unspecified atom stereocenters. The van der Waals surface area contributed by atoms with Crippen molar-refractivity contribution >= 4 is 39.4 Å². The first-order valence-electron chi connectivity index (χ1n) is 9.56. The number of ether oxygens (including phenoxy) is 1. The molecule has 0 saturated carbocycles. The molecule has 3 rings (SSSR count). The van der Waals surface area contributed by atoms with Crippen LogP contribution in [-0.2, 0) is 16.6 Å². The fraction of sp³-hybridized carbons (Fsp3) is 0.130. The van der Waals surface area contributed by atoms with Gasteiger partial charge in [0.15, 0.2) is 0 Å². The van der Waals surface area contributed by atoms with Gasteiger partial charge in [-0.05, 0) is 71.8 Å².